The van der Waals surface area contributed by atoms with Crippen LogP contribution in [0.2, 0.25) is 0 Å². The van der Waals surface area contributed by atoms with Gasteiger partial charge in [-0.1, -0.05) is 19.9 Å². The summed E-state index contributed by atoms with van der Waals surface area (Å²) in [5, 5.41) is 2.96. The molecule has 23 heavy (non-hydrogen) atoms. The van der Waals surface area contributed by atoms with Crippen LogP contribution in [0.5, 0.6) is 0 Å². The van der Waals surface area contributed by atoms with E-state index >= 15 is 0 Å². The molecule has 0 unspecified atom stereocenters. The third-order valence-electron chi connectivity index (χ3n) is 4.02. The second kappa shape index (κ2) is 8.46. The van der Waals surface area contributed by atoms with Crippen LogP contribution in [-0.2, 0) is 4.79 Å². The summed E-state index contributed by atoms with van der Waals surface area (Å²) in [7, 11) is 0. The van der Waals surface area contributed by atoms with Crippen LogP contribution in [0.25, 0.3) is 0 Å². The van der Waals surface area contributed by atoms with Gasteiger partial charge in [-0.2, -0.15) is 0 Å². The lowest BCUT2D eigenvalue weighted by Gasteiger charge is -2.31. The summed E-state index contributed by atoms with van der Waals surface area (Å²) in [4.78, 5) is 29.8. The topological polar surface area (TPSA) is 62.3 Å². The highest BCUT2D eigenvalue weighted by molar-refractivity contribution is 5.93. The van der Waals surface area contributed by atoms with E-state index in [2.05, 4.69) is 24.1 Å². The smallest absolute Gasteiger partial charge is 0.252 e. The average Bonchev–Trinajstić information content (AvgIpc) is 2.58. The molecule has 2 amide bonds. The molecule has 2 rings (SSSR count). The molecule has 1 saturated heterocycles. The van der Waals surface area contributed by atoms with Gasteiger partial charge < -0.3 is 10.2 Å². The van der Waals surface area contributed by atoms with Crippen molar-refractivity contribution >= 4 is 11.8 Å². The Bertz CT molecular complexity index is 547. The number of likely N-dealkylation sites (tertiary alicyclic amines) is 1. The van der Waals surface area contributed by atoms with E-state index in [0.29, 0.717) is 23.9 Å². The largest absolute Gasteiger partial charge is 0.352 e. The molecule has 0 radical (unpaired) electrons. The summed E-state index contributed by atoms with van der Waals surface area (Å²) in [6.07, 6.45) is 8.68. The Balaban J connectivity index is 1.73. The Morgan fingerprint density at radius 3 is 2.74 bits per heavy atom. The highest BCUT2D eigenvalue weighted by Gasteiger charge is 2.22. The lowest BCUT2D eigenvalue weighted by molar-refractivity contribution is -0.127. The van der Waals surface area contributed by atoms with E-state index in [1.165, 1.54) is 0 Å². The molecule has 124 valence electrons. The van der Waals surface area contributed by atoms with E-state index in [4.69, 9.17) is 0 Å². The molecular weight excluding hydrogens is 290 g/mol. The molecule has 0 aliphatic carbocycles. The highest BCUT2D eigenvalue weighted by atomic mass is 16.2. The number of carbonyl (C=O) groups excluding carboxylic acids is 2. The maximum Gasteiger partial charge on any atom is 0.252 e. The number of rotatable bonds is 5. The second-order valence-corrected chi connectivity index (χ2v) is 6.32. The monoisotopic (exact) mass is 315 g/mol. The first kappa shape index (κ1) is 17.2. The minimum absolute atomic E-state index is 0.0866. The van der Waals surface area contributed by atoms with Crippen molar-refractivity contribution in [2.24, 2.45) is 11.8 Å². The molecule has 1 aliphatic heterocycles. The van der Waals surface area contributed by atoms with E-state index in [9.17, 15) is 9.59 Å². The summed E-state index contributed by atoms with van der Waals surface area (Å²) in [6.45, 7) is 6.28. The van der Waals surface area contributed by atoms with Crippen molar-refractivity contribution in [3.05, 3.63) is 42.2 Å². The predicted octanol–water partition coefficient (Wildman–Crippen LogP) is 2.26. The third-order valence-corrected chi connectivity index (χ3v) is 4.02. The molecule has 0 spiro atoms. The quantitative estimate of drug-likeness (QED) is 0.848. The van der Waals surface area contributed by atoms with Crippen molar-refractivity contribution in [1.82, 2.24) is 15.2 Å². The lowest BCUT2D eigenvalue weighted by Crippen LogP contribution is -2.41. The van der Waals surface area contributed by atoms with Crippen LogP contribution in [0, 0.1) is 11.8 Å². The van der Waals surface area contributed by atoms with Gasteiger partial charge in [0.1, 0.15) is 0 Å². The Labute approximate surface area is 137 Å². The van der Waals surface area contributed by atoms with E-state index in [-0.39, 0.29) is 11.8 Å². The van der Waals surface area contributed by atoms with Crippen LogP contribution in [0.3, 0.4) is 0 Å². The molecular formula is C18H25N3O2. The van der Waals surface area contributed by atoms with Crippen molar-refractivity contribution in [3.63, 3.8) is 0 Å². The van der Waals surface area contributed by atoms with Gasteiger partial charge in [0.15, 0.2) is 0 Å². The molecule has 1 aliphatic rings. The molecule has 2 heterocycles. The SMILES string of the molecule is CC(C)/C=C/C(=O)N1CCC(CNC(=O)c2cccnc2)CC1. The molecule has 0 saturated carbocycles. The van der Waals surface area contributed by atoms with Gasteiger partial charge in [-0.25, -0.2) is 0 Å². The number of hydrogen-bond acceptors (Lipinski definition) is 3. The van der Waals surface area contributed by atoms with E-state index in [0.717, 1.165) is 25.9 Å². The summed E-state index contributed by atoms with van der Waals surface area (Å²) < 4.78 is 0. The van der Waals surface area contributed by atoms with Crippen molar-refractivity contribution in [2.45, 2.75) is 26.7 Å². The number of nitrogens with zero attached hydrogens (tertiary/aromatic N) is 2. The molecule has 0 bridgehead atoms. The maximum absolute atomic E-state index is 12.0. The average molecular weight is 315 g/mol. The number of aromatic nitrogens is 1. The van der Waals surface area contributed by atoms with Crippen molar-refractivity contribution in [2.75, 3.05) is 19.6 Å². The fourth-order valence-corrected chi connectivity index (χ4v) is 2.57. The minimum Gasteiger partial charge on any atom is -0.352 e. The number of nitrogens with one attached hydrogen (secondary N) is 1. The standard InChI is InChI=1S/C18H25N3O2/c1-14(2)5-6-17(22)21-10-7-15(8-11-21)12-20-18(23)16-4-3-9-19-13-16/h3-6,9,13-15H,7-8,10-12H2,1-2H3,(H,20,23)/b6-5+. The number of hydrogen-bond donors (Lipinski definition) is 1. The zero-order chi connectivity index (χ0) is 16.7. The Hall–Kier alpha value is -2.17. The van der Waals surface area contributed by atoms with Crippen LogP contribution >= 0.6 is 0 Å². The van der Waals surface area contributed by atoms with Gasteiger partial charge >= 0.3 is 0 Å². The van der Waals surface area contributed by atoms with Crippen LogP contribution in [0.15, 0.2) is 36.7 Å². The van der Waals surface area contributed by atoms with Gasteiger partial charge in [0.25, 0.3) is 5.91 Å². The van der Waals surface area contributed by atoms with Crippen molar-refractivity contribution in [1.29, 1.82) is 0 Å². The molecule has 1 N–H and O–H groups in total. The summed E-state index contributed by atoms with van der Waals surface area (Å²) in [5.74, 6) is 0.820. The Morgan fingerprint density at radius 2 is 2.13 bits per heavy atom. The molecule has 1 aromatic heterocycles. The predicted molar refractivity (Wildman–Crippen MR) is 89.9 cm³/mol. The first-order valence-electron chi connectivity index (χ1n) is 8.21. The molecule has 0 aromatic carbocycles. The molecule has 5 nitrogen and oxygen atoms in total. The second-order valence-electron chi connectivity index (χ2n) is 6.32. The van der Waals surface area contributed by atoms with Crippen molar-refractivity contribution < 1.29 is 9.59 Å². The van der Waals surface area contributed by atoms with Gasteiger partial charge in [0.05, 0.1) is 5.56 Å². The number of carbonyl (C=O) groups is 2. The fraction of sp³-hybridized carbons (Fsp3) is 0.500. The minimum atomic E-state index is -0.0866. The first-order valence-corrected chi connectivity index (χ1v) is 8.21. The van der Waals surface area contributed by atoms with Crippen molar-refractivity contribution in [3.8, 4) is 0 Å². The third kappa shape index (κ3) is 5.51. The number of piperidine rings is 1. The van der Waals surface area contributed by atoms with Crippen LogP contribution in [-0.4, -0.2) is 41.3 Å². The highest BCUT2D eigenvalue weighted by Crippen LogP contribution is 2.17. The van der Waals surface area contributed by atoms with Gasteiger partial charge in [-0.3, -0.25) is 14.6 Å². The summed E-state index contributed by atoms with van der Waals surface area (Å²) >= 11 is 0. The van der Waals surface area contributed by atoms with E-state index < -0.39 is 0 Å². The van der Waals surface area contributed by atoms with Gasteiger partial charge in [-0.05, 0) is 42.9 Å². The summed E-state index contributed by atoms with van der Waals surface area (Å²) in [5.41, 5.74) is 0.582. The Kier molecular flexibility index (Phi) is 6.32. The van der Waals surface area contributed by atoms with Crippen LogP contribution in [0.1, 0.15) is 37.0 Å². The van der Waals surface area contributed by atoms with Crippen LogP contribution in [0.4, 0.5) is 0 Å². The zero-order valence-electron chi connectivity index (χ0n) is 13.9. The molecule has 5 heteroatoms. The molecule has 0 atom stereocenters. The number of pyridine rings is 1. The molecule has 1 aromatic rings. The normalized spacial score (nSPS) is 16.0. The first-order chi connectivity index (χ1) is 11.1. The summed E-state index contributed by atoms with van der Waals surface area (Å²) in [6, 6.07) is 3.51. The van der Waals surface area contributed by atoms with Crippen LogP contribution < -0.4 is 5.32 Å². The van der Waals surface area contributed by atoms with Gasteiger partial charge in [0.2, 0.25) is 5.91 Å². The number of allylic oxidation sites excluding steroid dienone is 1. The van der Waals surface area contributed by atoms with Gasteiger partial charge in [-0.15, -0.1) is 0 Å². The number of amides is 2. The lowest BCUT2D eigenvalue weighted by atomic mass is 9.96. The fourth-order valence-electron chi connectivity index (χ4n) is 2.57. The zero-order valence-corrected chi connectivity index (χ0v) is 13.9. The van der Waals surface area contributed by atoms with E-state index in [1.807, 2.05) is 11.0 Å². The van der Waals surface area contributed by atoms with E-state index in [1.54, 1.807) is 30.6 Å². The maximum atomic E-state index is 12.0. The molecule has 1 fully saturated rings. The Morgan fingerprint density at radius 1 is 1.39 bits per heavy atom. The van der Waals surface area contributed by atoms with Gasteiger partial charge in [0, 0.05) is 32.0 Å².